The van der Waals surface area contributed by atoms with Crippen molar-refractivity contribution in [3.05, 3.63) is 59.7 Å². The molecule has 0 unspecified atom stereocenters. The zero-order valence-electron chi connectivity index (χ0n) is 19.8. The van der Waals surface area contributed by atoms with E-state index in [1.807, 2.05) is 24.3 Å². The molecule has 0 radical (unpaired) electrons. The first-order chi connectivity index (χ1) is 17.0. The fourth-order valence-electron chi connectivity index (χ4n) is 6.07. The van der Waals surface area contributed by atoms with Gasteiger partial charge in [-0.15, -0.1) is 0 Å². The first kappa shape index (κ1) is 23.4. The Hall–Kier alpha value is -3.35. The SMILES string of the molecule is O=C(N[C@@H]1CCCCC[C@@H]1C(=O)N1CCC[C@H]1C(=O)O)OCC1c2ccccc2-c2ccccc21. The van der Waals surface area contributed by atoms with Gasteiger partial charge in [-0.2, -0.15) is 0 Å². The van der Waals surface area contributed by atoms with E-state index in [1.165, 1.54) is 16.0 Å². The Labute approximate surface area is 205 Å². The standard InChI is InChI=1S/C28H32N2O5/c31-26(30-16-8-15-25(30)27(32)33)22-13-2-1-3-14-24(22)29-28(34)35-17-23-20-11-6-4-9-18(20)19-10-5-7-12-21(19)23/h4-7,9-12,22-25H,1-3,8,13-17H2,(H,29,34)(H,32,33)/t22-,24+,25-/m0/s1. The lowest BCUT2D eigenvalue weighted by Gasteiger charge is -2.31. The molecule has 2 aromatic rings. The Balaban J connectivity index is 1.26. The summed E-state index contributed by atoms with van der Waals surface area (Å²) in [7, 11) is 0. The summed E-state index contributed by atoms with van der Waals surface area (Å²) in [5.41, 5.74) is 4.64. The Morgan fingerprint density at radius 3 is 2.23 bits per heavy atom. The van der Waals surface area contributed by atoms with Gasteiger partial charge in [0, 0.05) is 18.5 Å². The topological polar surface area (TPSA) is 95.9 Å². The summed E-state index contributed by atoms with van der Waals surface area (Å²) in [4.78, 5) is 39.4. The van der Waals surface area contributed by atoms with E-state index in [4.69, 9.17) is 4.74 Å². The molecule has 1 heterocycles. The quantitative estimate of drug-likeness (QED) is 0.618. The minimum Gasteiger partial charge on any atom is -0.480 e. The molecule has 2 amide bonds. The average molecular weight is 477 g/mol. The first-order valence-electron chi connectivity index (χ1n) is 12.7. The number of carboxylic acids is 1. The molecule has 1 saturated carbocycles. The van der Waals surface area contributed by atoms with Crippen molar-refractivity contribution in [3.63, 3.8) is 0 Å². The number of fused-ring (bicyclic) bond motifs is 3. The summed E-state index contributed by atoms with van der Waals surface area (Å²) < 4.78 is 5.73. The van der Waals surface area contributed by atoms with Crippen molar-refractivity contribution in [1.29, 1.82) is 0 Å². The largest absolute Gasteiger partial charge is 0.480 e. The lowest BCUT2D eigenvalue weighted by molar-refractivity contribution is -0.150. The lowest BCUT2D eigenvalue weighted by Crippen LogP contribution is -2.50. The van der Waals surface area contributed by atoms with Gasteiger partial charge in [-0.05, 0) is 47.9 Å². The number of carboxylic acid groups (broad SMARTS) is 1. The number of rotatable bonds is 5. The molecule has 0 aromatic heterocycles. The average Bonchev–Trinajstić information content (AvgIpc) is 3.40. The number of nitrogens with one attached hydrogen (secondary N) is 1. The highest BCUT2D eigenvalue weighted by Gasteiger charge is 2.40. The number of hydrogen-bond acceptors (Lipinski definition) is 4. The summed E-state index contributed by atoms with van der Waals surface area (Å²) in [6, 6.07) is 15.3. The van der Waals surface area contributed by atoms with Gasteiger partial charge in [0.1, 0.15) is 12.6 Å². The van der Waals surface area contributed by atoms with Crippen LogP contribution in [-0.4, -0.2) is 53.2 Å². The van der Waals surface area contributed by atoms with Gasteiger partial charge in [0.15, 0.2) is 0 Å². The smallest absolute Gasteiger partial charge is 0.407 e. The van der Waals surface area contributed by atoms with Crippen molar-refractivity contribution in [1.82, 2.24) is 10.2 Å². The molecule has 1 saturated heterocycles. The molecule has 5 rings (SSSR count). The van der Waals surface area contributed by atoms with Crippen LogP contribution in [0, 0.1) is 5.92 Å². The van der Waals surface area contributed by atoms with Gasteiger partial charge in [0.25, 0.3) is 0 Å². The van der Waals surface area contributed by atoms with E-state index in [0.717, 1.165) is 30.4 Å². The van der Waals surface area contributed by atoms with Crippen molar-refractivity contribution in [2.75, 3.05) is 13.2 Å². The van der Waals surface area contributed by atoms with E-state index in [1.54, 1.807) is 0 Å². The van der Waals surface area contributed by atoms with Crippen LogP contribution in [0.2, 0.25) is 0 Å². The number of carbonyl (C=O) groups is 3. The van der Waals surface area contributed by atoms with Crippen molar-refractivity contribution >= 4 is 18.0 Å². The van der Waals surface area contributed by atoms with Crippen LogP contribution in [0.3, 0.4) is 0 Å². The molecule has 3 aliphatic rings. The highest BCUT2D eigenvalue weighted by molar-refractivity contribution is 5.86. The second-order valence-corrected chi connectivity index (χ2v) is 9.85. The number of hydrogen-bond donors (Lipinski definition) is 2. The normalized spacial score (nSPS) is 23.8. The van der Waals surface area contributed by atoms with Gasteiger partial charge in [-0.1, -0.05) is 67.8 Å². The molecule has 1 aliphatic heterocycles. The van der Waals surface area contributed by atoms with E-state index in [2.05, 4.69) is 29.6 Å². The zero-order chi connectivity index (χ0) is 24.4. The molecule has 35 heavy (non-hydrogen) atoms. The fraction of sp³-hybridized carbons (Fsp3) is 0.464. The van der Waals surface area contributed by atoms with Crippen LogP contribution in [-0.2, 0) is 14.3 Å². The van der Waals surface area contributed by atoms with E-state index in [0.29, 0.717) is 32.2 Å². The zero-order valence-corrected chi connectivity index (χ0v) is 19.8. The van der Waals surface area contributed by atoms with Crippen LogP contribution in [0.5, 0.6) is 0 Å². The molecule has 7 heteroatoms. The van der Waals surface area contributed by atoms with Crippen LogP contribution in [0.4, 0.5) is 4.79 Å². The summed E-state index contributed by atoms with van der Waals surface area (Å²) in [5, 5.41) is 12.5. The second-order valence-electron chi connectivity index (χ2n) is 9.85. The fourth-order valence-corrected chi connectivity index (χ4v) is 6.07. The Bertz CT molecular complexity index is 1070. The Morgan fingerprint density at radius 1 is 0.886 bits per heavy atom. The number of nitrogens with zero attached hydrogens (tertiary/aromatic N) is 1. The number of aliphatic carboxylic acids is 1. The van der Waals surface area contributed by atoms with E-state index in [9.17, 15) is 19.5 Å². The maximum Gasteiger partial charge on any atom is 0.407 e. The predicted octanol–water partition coefficient (Wildman–Crippen LogP) is 4.55. The third kappa shape index (κ3) is 4.64. The molecule has 2 N–H and O–H groups in total. The maximum absolute atomic E-state index is 13.4. The number of alkyl carbamates (subject to hydrolysis) is 1. The van der Waals surface area contributed by atoms with Crippen LogP contribution in [0.1, 0.15) is 62.0 Å². The van der Waals surface area contributed by atoms with Crippen molar-refractivity contribution in [2.24, 2.45) is 5.92 Å². The molecule has 0 bridgehead atoms. The summed E-state index contributed by atoms with van der Waals surface area (Å²) in [6.45, 7) is 0.683. The van der Waals surface area contributed by atoms with E-state index >= 15 is 0 Å². The van der Waals surface area contributed by atoms with Gasteiger partial charge < -0.3 is 20.1 Å². The van der Waals surface area contributed by atoms with Crippen LogP contribution < -0.4 is 5.32 Å². The minimum atomic E-state index is -0.953. The number of benzene rings is 2. The summed E-state index contributed by atoms with van der Waals surface area (Å²) in [5.74, 6) is -1.55. The minimum absolute atomic E-state index is 0.0272. The number of likely N-dealkylation sites (tertiary alicyclic amines) is 1. The lowest BCUT2D eigenvalue weighted by atomic mass is 9.93. The molecule has 2 aromatic carbocycles. The van der Waals surface area contributed by atoms with Gasteiger partial charge in [-0.3, -0.25) is 4.79 Å². The monoisotopic (exact) mass is 476 g/mol. The summed E-state index contributed by atoms with van der Waals surface area (Å²) in [6.07, 6.45) is 4.80. The molecule has 2 aliphatic carbocycles. The second kappa shape index (κ2) is 10.1. The van der Waals surface area contributed by atoms with Crippen molar-refractivity contribution in [2.45, 2.75) is 62.9 Å². The molecule has 3 atom stereocenters. The van der Waals surface area contributed by atoms with Crippen LogP contribution in [0.15, 0.2) is 48.5 Å². The maximum atomic E-state index is 13.4. The molecular formula is C28H32N2O5. The number of amides is 2. The Kier molecular flexibility index (Phi) is 6.75. The number of carbonyl (C=O) groups excluding carboxylic acids is 2. The first-order valence-corrected chi connectivity index (χ1v) is 12.7. The van der Waals surface area contributed by atoms with E-state index < -0.39 is 24.0 Å². The van der Waals surface area contributed by atoms with Crippen molar-refractivity contribution < 1.29 is 24.2 Å². The highest BCUT2D eigenvalue weighted by atomic mass is 16.5. The Morgan fingerprint density at radius 2 is 1.54 bits per heavy atom. The molecular weight excluding hydrogens is 444 g/mol. The van der Waals surface area contributed by atoms with Gasteiger partial charge >= 0.3 is 12.1 Å². The van der Waals surface area contributed by atoms with Gasteiger partial charge in [0.05, 0.1) is 5.92 Å². The van der Waals surface area contributed by atoms with Gasteiger partial charge in [-0.25, -0.2) is 9.59 Å². The van der Waals surface area contributed by atoms with Crippen LogP contribution in [0.25, 0.3) is 11.1 Å². The van der Waals surface area contributed by atoms with Gasteiger partial charge in [0.2, 0.25) is 5.91 Å². The van der Waals surface area contributed by atoms with Crippen LogP contribution >= 0.6 is 0 Å². The molecule has 7 nitrogen and oxygen atoms in total. The number of ether oxygens (including phenoxy) is 1. The van der Waals surface area contributed by atoms with E-state index in [-0.39, 0.29) is 24.5 Å². The van der Waals surface area contributed by atoms with Crippen molar-refractivity contribution in [3.8, 4) is 11.1 Å². The third-order valence-electron chi connectivity index (χ3n) is 7.80. The summed E-state index contributed by atoms with van der Waals surface area (Å²) >= 11 is 0. The molecule has 0 spiro atoms. The predicted molar refractivity (Wildman–Crippen MR) is 131 cm³/mol. The molecule has 184 valence electrons. The third-order valence-corrected chi connectivity index (χ3v) is 7.80. The molecule has 2 fully saturated rings. The highest BCUT2D eigenvalue weighted by Crippen LogP contribution is 2.44.